The summed E-state index contributed by atoms with van der Waals surface area (Å²) in [6, 6.07) is 10.2. The predicted octanol–water partition coefficient (Wildman–Crippen LogP) is 8.69. The van der Waals surface area contributed by atoms with Gasteiger partial charge in [-0.3, -0.25) is 4.79 Å². The topological polar surface area (TPSA) is 87.2 Å². The van der Waals surface area contributed by atoms with E-state index >= 15 is 4.79 Å². The van der Waals surface area contributed by atoms with Crippen molar-refractivity contribution >= 4 is 40.7 Å². The van der Waals surface area contributed by atoms with Crippen LogP contribution in [-0.2, 0) is 19.7 Å². The summed E-state index contributed by atoms with van der Waals surface area (Å²) in [5, 5.41) is 2.34. The molecule has 0 bridgehead atoms. The second-order valence-corrected chi connectivity index (χ2v) is 16.0. The SMILES string of the molecule is COc1cc(C(=O)N2[C@@H](c3nccs3)[C@H](C(C)OC(=S)Oc3ccc(F)cc3)C[C@@]2(CC(C)C)C(=O)OC(C)(C)C)ccc1C(C)(C)C. The number of thiazole rings is 1. The van der Waals surface area contributed by atoms with E-state index in [0.29, 0.717) is 28.5 Å². The summed E-state index contributed by atoms with van der Waals surface area (Å²) >= 11 is 6.86. The molecular weight excluding hydrogens is 652 g/mol. The number of hydrogen-bond acceptors (Lipinski definition) is 9. The van der Waals surface area contributed by atoms with Crippen molar-refractivity contribution in [3.05, 3.63) is 76.0 Å². The minimum absolute atomic E-state index is 0.0143. The Kier molecular flexibility index (Phi) is 11.3. The molecule has 2 aromatic carbocycles. The second kappa shape index (κ2) is 14.5. The molecule has 0 aliphatic carbocycles. The first kappa shape index (κ1) is 37.3. The van der Waals surface area contributed by atoms with Gasteiger partial charge in [0.05, 0.1) is 13.2 Å². The van der Waals surface area contributed by atoms with Gasteiger partial charge in [-0.25, -0.2) is 14.2 Å². The Labute approximate surface area is 292 Å². The van der Waals surface area contributed by atoms with Crippen molar-refractivity contribution in [3.8, 4) is 11.5 Å². The number of carbonyl (C=O) groups is 2. The van der Waals surface area contributed by atoms with Gasteiger partial charge >= 0.3 is 11.2 Å². The summed E-state index contributed by atoms with van der Waals surface area (Å²) in [5.74, 6) is -0.765. The molecule has 0 N–H and O–H groups in total. The minimum Gasteiger partial charge on any atom is -0.496 e. The fraction of sp³-hybridized carbons (Fsp3) is 0.514. The van der Waals surface area contributed by atoms with E-state index in [1.165, 1.54) is 35.6 Å². The number of thiocarbonyl (C=S) groups is 1. The van der Waals surface area contributed by atoms with E-state index < -0.39 is 41.0 Å². The van der Waals surface area contributed by atoms with Crippen molar-refractivity contribution in [1.82, 2.24) is 9.88 Å². The van der Waals surface area contributed by atoms with Gasteiger partial charge in [-0.05, 0) is 93.8 Å². The molecule has 1 fully saturated rings. The highest BCUT2D eigenvalue weighted by molar-refractivity contribution is 7.79. The number of hydrogen-bond donors (Lipinski definition) is 0. The first-order valence-corrected chi connectivity index (χ1v) is 17.4. The third kappa shape index (κ3) is 8.34. The van der Waals surface area contributed by atoms with E-state index in [1.54, 1.807) is 30.3 Å². The van der Waals surface area contributed by atoms with Gasteiger partial charge in [0.25, 0.3) is 5.91 Å². The highest BCUT2D eigenvalue weighted by atomic mass is 32.1. The van der Waals surface area contributed by atoms with Crippen LogP contribution in [0.1, 0.15) is 102 Å². The number of likely N-dealkylation sites (tertiary alicyclic amines) is 1. The van der Waals surface area contributed by atoms with Gasteiger partial charge in [0.15, 0.2) is 0 Å². The molecule has 4 atom stereocenters. The van der Waals surface area contributed by atoms with Gasteiger partial charge in [-0.15, -0.1) is 11.3 Å². The Balaban J connectivity index is 1.86. The van der Waals surface area contributed by atoms with Crippen molar-refractivity contribution in [1.29, 1.82) is 0 Å². The van der Waals surface area contributed by atoms with E-state index in [1.807, 2.05) is 53.0 Å². The molecule has 1 aliphatic heterocycles. The van der Waals surface area contributed by atoms with Gasteiger partial charge in [0.2, 0.25) is 0 Å². The molecule has 3 aromatic rings. The predicted molar refractivity (Wildman–Crippen MR) is 189 cm³/mol. The lowest BCUT2D eigenvalue weighted by atomic mass is 9.82. The van der Waals surface area contributed by atoms with E-state index in [9.17, 15) is 9.18 Å². The molecule has 260 valence electrons. The average Bonchev–Trinajstić information content (AvgIpc) is 3.63. The highest BCUT2D eigenvalue weighted by Crippen LogP contribution is 2.53. The second-order valence-electron chi connectivity index (χ2n) is 14.8. The number of ether oxygens (including phenoxy) is 4. The Bertz CT molecular complexity index is 1600. The molecule has 0 saturated carbocycles. The smallest absolute Gasteiger partial charge is 0.358 e. The minimum atomic E-state index is -1.37. The van der Waals surface area contributed by atoms with Crippen molar-refractivity contribution in [3.63, 3.8) is 0 Å². The van der Waals surface area contributed by atoms with E-state index in [-0.39, 0.29) is 28.9 Å². The zero-order valence-electron chi connectivity index (χ0n) is 29.5. The van der Waals surface area contributed by atoms with Gasteiger partial charge in [0.1, 0.15) is 39.6 Å². The maximum atomic E-state index is 15.0. The lowest BCUT2D eigenvalue weighted by Gasteiger charge is -2.41. The number of carbonyl (C=O) groups excluding carboxylic acids is 2. The van der Waals surface area contributed by atoms with Crippen LogP contribution in [0.5, 0.6) is 11.5 Å². The maximum absolute atomic E-state index is 15.0. The molecule has 11 heteroatoms. The summed E-state index contributed by atoms with van der Waals surface area (Å²) in [7, 11) is 1.59. The third-order valence-corrected chi connectivity index (χ3v) is 9.35. The molecule has 4 rings (SSSR count). The Morgan fingerprint density at radius 2 is 1.75 bits per heavy atom. The maximum Gasteiger partial charge on any atom is 0.358 e. The molecule has 1 aliphatic rings. The summed E-state index contributed by atoms with van der Waals surface area (Å²) in [4.78, 5) is 35.9. The number of amides is 1. The fourth-order valence-electron chi connectivity index (χ4n) is 6.42. The standard InChI is InChI=1S/C37H47FN2O6S2/c1-22(2)20-37(33(42)46-36(7,8)9)21-27(23(3)44-34(47)45-26-14-12-25(38)13-15-26)30(31-39-17-18-48-31)40(37)32(41)24-11-16-28(35(4,5)6)29(19-24)43-10/h11-19,22-23,27,30H,20-21H2,1-10H3/t23?,27-,30+,37-/m0/s1. The molecule has 0 radical (unpaired) electrons. The van der Waals surface area contributed by atoms with Crippen molar-refractivity contribution < 1.29 is 32.9 Å². The highest BCUT2D eigenvalue weighted by Gasteiger charge is 2.62. The zero-order valence-corrected chi connectivity index (χ0v) is 31.1. The van der Waals surface area contributed by atoms with Crippen LogP contribution >= 0.6 is 23.6 Å². The number of methoxy groups -OCH3 is 1. The fourth-order valence-corrected chi connectivity index (χ4v) is 7.47. The number of nitrogens with zero attached hydrogens (tertiary/aromatic N) is 2. The number of benzene rings is 2. The molecule has 1 amide bonds. The van der Waals surface area contributed by atoms with E-state index in [2.05, 4.69) is 25.8 Å². The van der Waals surface area contributed by atoms with Crippen molar-refractivity contribution in [2.24, 2.45) is 11.8 Å². The van der Waals surface area contributed by atoms with Crippen LogP contribution in [0.25, 0.3) is 0 Å². The molecular formula is C37H47FN2O6S2. The first-order valence-electron chi connectivity index (χ1n) is 16.2. The van der Waals surface area contributed by atoms with Crippen LogP contribution < -0.4 is 9.47 Å². The molecule has 1 unspecified atom stereocenters. The van der Waals surface area contributed by atoms with E-state index in [0.717, 1.165) is 5.56 Å². The van der Waals surface area contributed by atoms with Crippen LogP contribution in [0.2, 0.25) is 0 Å². The Hall–Kier alpha value is -3.57. The lowest BCUT2D eigenvalue weighted by Crippen LogP contribution is -2.56. The van der Waals surface area contributed by atoms with Crippen LogP contribution in [0.4, 0.5) is 4.39 Å². The van der Waals surface area contributed by atoms with Gasteiger partial charge in [-0.2, -0.15) is 0 Å². The molecule has 2 heterocycles. The number of rotatable bonds is 9. The number of aromatic nitrogens is 1. The van der Waals surface area contributed by atoms with Crippen LogP contribution in [-0.4, -0.2) is 51.4 Å². The van der Waals surface area contributed by atoms with Crippen molar-refractivity contribution in [2.75, 3.05) is 7.11 Å². The van der Waals surface area contributed by atoms with E-state index in [4.69, 9.17) is 31.2 Å². The molecule has 1 saturated heterocycles. The zero-order chi connectivity index (χ0) is 35.6. The van der Waals surface area contributed by atoms with Gasteiger partial charge in [0, 0.05) is 35.3 Å². The first-order chi connectivity index (χ1) is 22.4. The summed E-state index contributed by atoms with van der Waals surface area (Å²) in [6.07, 6.45) is 1.63. The molecule has 8 nitrogen and oxygen atoms in total. The molecule has 0 spiro atoms. The summed E-state index contributed by atoms with van der Waals surface area (Å²) in [6.45, 7) is 17.6. The van der Waals surface area contributed by atoms with Crippen molar-refractivity contribution in [2.45, 2.75) is 104 Å². The van der Waals surface area contributed by atoms with Gasteiger partial charge < -0.3 is 23.8 Å². The summed E-state index contributed by atoms with van der Waals surface area (Å²) < 4.78 is 37.3. The quantitative estimate of drug-likeness (QED) is 0.162. The van der Waals surface area contributed by atoms with Gasteiger partial charge in [-0.1, -0.05) is 40.7 Å². The monoisotopic (exact) mass is 698 g/mol. The Morgan fingerprint density at radius 1 is 1.08 bits per heavy atom. The number of esters is 1. The summed E-state index contributed by atoms with van der Waals surface area (Å²) in [5.41, 5.74) is -1.08. The Morgan fingerprint density at radius 3 is 2.29 bits per heavy atom. The van der Waals surface area contributed by atoms with Crippen LogP contribution in [0.15, 0.2) is 54.0 Å². The largest absolute Gasteiger partial charge is 0.496 e. The molecule has 1 aromatic heterocycles. The van der Waals surface area contributed by atoms with Crippen LogP contribution in [0, 0.1) is 17.7 Å². The average molecular weight is 699 g/mol. The normalized spacial score (nSPS) is 20.4. The number of halogens is 1. The lowest BCUT2D eigenvalue weighted by molar-refractivity contribution is -0.168. The molecule has 48 heavy (non-hydrogen) atoms. The third-order valence-electron chi connectivity index (χ3n) is 8.32. The van der Waals surface area contributed by atoms with Crippen LogP contribution in [0.3, 0.4) is 0 Å².